The zero-order valence-corrected chi connectivity index (χ0v) is 16.4. The highest BCUT2D eigenvalue weighted by molar-refractivity contribution is 7.10. The molecule has 3 aromatic rings. The Labute approximate surface area is 167 Å². The average Bonchev–Trinajstić information content (AvgIpc) is 3.30. The molecule has 28 heavy (non-hydrogen) atoms. The predicted octanol–water partition coefficient (Wildman–Crippen LogP) is 4.45. The van der Waals surface area contributed by atoms with Crippen molar-refractivity contribution in [1.29, 1.82) is 0 Å². The van der Waals surface area contributed by atoms with E-state index in [4.69, 9.17) is 10.8 Å². The number of hydrogen-bond acceptors (Lipinski definition) is 4. The van der Waals surface area contributed by atoms with E-state index in [9.17, 15) is 9.18 Å². The maximum Gasteiger partial charge on any atom is 0.246 e. The van der Waals surface area contributed by atoms with Gasteiger partial charge in [0.2, 0.25) is 5.91 Å². The van der Waals surface area contributed by atoms with Crippen LogP contribution in [0.4, 0.5) is 10.1 Å². The first-order chi connectivity index (χ1) is 13.4. The molecule has 6 heteroatoms. The van der Waals surface area contributed by atoms with Crippen molar-refractivity contribution in [2.45, 2.75) is 25.3 Å². The Morgan fingerprint density at radius 1 is 1.14 bits per heavy atom. The number of aryl methyl sites for hydroxylation is 1. The maximum absolute atomic E-state index is 13.5. The fourth-order valence-electron chi connectivity index (χ4n) is 3.63. The van der Waals surface area contributed by atoms with Crippen LogP contribution in [-0.4, -0.2) is 17.2 Å². The molecule has 1 amide bonds. The number of halogens is 1. The summed E-state index contributed by atoms with van der Waals surface area (Å²) in [6, 6.07) is 17.9. The third kappa shape index (κ3) is 2.90. The molecule has 1 aliphatic heterocycles. The molecule has 0 aliphatic carbocycles. The Morgan fingerprint density at radius 2 is 1.82 bits per heavy atom. The van der Waals surface area contributed by atoms with Gasteiger partial charge in [0.1, 0.15) is 5.82 Å². The van der Waals surface area contributed by atoms with Crippen molar-refractivity contribution in [2.75, 3.05) is 5.01 Å². The normalized spacial score (nSPS) is 21.6. The second kappa shape index (κ2) is 6.87. The monoisotopic (exact) mass is 393 g/mol. The number of hydrazone groups is 1. The summed E-state index contributed by atoms with van der Waals surface area (Å²) >= 11 is 1.55. The maximum atomic E-state index is 13.5. The van der Waals surface area contributed by atoms with Crippen LogP contribution in [0.5, 0.6) is 0 Å². The van der Waals surface area contributed by atoms with Gasteiger partial charge in [-0.3, -0.25) is 4.79 Å². The summed E-state index contributed by atoms with van der Waals surface area (Å²) in [6.07, 6.45) is 0. The van der Waals surface area contributed by atoms with Crippen molar-refractivity contribution >= 4 is 28.6 Å². The van der Waals surface area contributed by atoms with Gasteiger partial charge in [-0.25, -0.2) is 9.40 Å². The van der Waals surface area contributed by atoms with Gasteiger partial charge in [-0.2, -0.15) is 5.10 Å². The zero-order chi connectivity index (χ0) is 19.9. The van der Waals surface area contributed by atoms with E-state index in [0.717, 1.165) is 21.7 Å². The van der Waals surface area contributed by atoms with Gasteiger partial charge in [-0.1, -0.05) is 35.9 Å². The van der Waals surface area contributed by atoms with Gasteiger partial charge in [0.15, 0.2) is 5.54 Å². The van der Waals surface area contributed by atoms with Crippen LogP contribution in [0.3, 0.4) is 0 Å². The molecule has 0 bridgehead atoms. The van der Waals surface area contributed by atoms with Crippen LogP contribution in [0.15, 0.2) is 71.1 Å². The quantitative estimate of drug-likeness (QED) is 0.712. The van der Waals surface area contributed by atoms with Crippen LogP contribution >= 0.6 is 11.3 Å². The smallest absolute Gasteiger partial charge is 0.246 e. The van der Waals surface area contributed by atoms with Gasteiger partial charge in [0.25, 0.3) is 0 Å². The average molecular weight is 393 g/mol. The molecule has 2 aromatic carbocycles. The number of primary amides is 1. The number of hydrogen-bond donors (Lipinski definition) is 1. The van der Waals surface area contributed by atoms with Crippen molar-refractivity contribution in [3.05, 3.63) is 87.9 Å². The Kier molecular flexibility index (Phi) is 4.51. The molecular weight excluding hydrogens is 373 g/mol. The standard InChI is InChI=1S/C22H20FN3OS/c1-14-5-11-17(12-6-14)26-22(2,21(24)27)19(18-4-3-13-28-18)20(25-26)15-7-9-16(23)10-8-15/h3-13,19H,1-2H3,(H2,24,27). The summed E-state index contributed by atoms with van der Waals surface area (Å²) in [5.74, 6) is -1.15. The molecule has 142 valence electrons. The molecule has 0 radical (unpaired) electrons. The van der Waals surface area contributed by atoms with Crippen LogP contribution in [0.25, 0.3) is 0 Å². The number of carbonyl (C=O) groups excluding carboxylic acids is 1. The molecule has 4 nitrogen and oxygen atoms in total. The lowest BCUT2D eigenvalue weighted by molar-refractivity contribution is -0.122. The first-order valence-corrected chi connectivity index (χ1v) is 9.84. The van der Waals surface area contributed by atoms with E-state index in [1.54, 1.807) is 28.5 Å². The van der Waals surface area contributed by atoms with E-state index >= 15 is 0 Å². The van der Waals surface area contributed by atoms with E-state index < -0.39 is 11.4 Å². The molecule has 1 aliphatic rings. The molecule has 2 unspecified atom stereocenters. The third-order valence-corrected chi connectivity index (χ3v) is 6.17. The SMILES string of the molecule is Cc1ccc(N2N=C(c3ccc(F)cc3)C(c3cccs3)C2(C)C(N)=O)cc1. The Morgan fingerprint density at radius 3 is 2.39 bits per heavy atom. The Balaban J connectivity index is 1.93. The molecule has 4 rings (SSSR count). The lowest BCUT2D eigenvalue weighted by Crippen LogP contribution is -2.55. The minimum atomic E-state index is -1.09. The number of rotatable bonds is 4. The number of thiophene rings is 1. The molecule has 0 saturated heterocycles. The van der Waals surface area contributed by atoms with Crippen LogP contribution in [0.1, 0.15) is 28.8 Å². The molecule has 0 spiro atoms. The Hall–Kier alpha value is -2.99. The van der Waals surface area contributed by atoms with Crippen molar-refractivity contribution in [3.63, 3.8) is 0 Å². The lowest BCUT2D eigenvalue weighted by atomic mass is 9.79. The fraction of sp³-hybridized carbons (Fsp3) is 0.182. The molecular formula is C22H20FN3OS. The summed E-state index contributed by atoms with van der Waals surface area (Å²) in [6.45, 7) is 3.82. The fourth-order valence-corrected chi connectivity index (χ4v) is 4.58. The van der Waals surface area contributed by atoms with Crippen molar-refractivity contribution in [2.24, 2.45) is 10.8 Å². The van der Waals surface area contributed by atoms with Crippen LogP contribution in [0, 0.1) is 12.7 Å². The first-order valence-electron chi connectivity index (χ1n) is 8.96. The highest BCUT2D eigenvalue weighted by atomic mass is 32.1. The van der Waals surface area contributed by atoms with Crippen molar-refractivity contribution in [3.8, 4) is 0 Å². The van der Waals surface area contributed by atoms with Gasteiger partial charge in [0.05, 0.1) is 17.3 Å². The minimum absolute atomic E-state index is 0.317. The highest BCUT2D eigenvalue weighted by Gasteiger charge is 2.54. The highest BCUT2D eigenvalue weighted by Crippen LogP contribution is 2.45. The molecule has 2 atom stereocenters. The van der Waals surface area contributed by atoms with Crippen molar-refractivity contribution < 1.29 is 9.18 Å². The third-order valence-electron chi connectivity index (χ3n) is 5.23. The molecule has 0 fully saturated rings. The minimum Gasteiger partial charge on any atom is -0.368 e. The molecule has 2 heterocycles. The molecule has 2 N–H and O–H groups in total. The van der Waals surface area contributed by atoms with Gasteiger partial charge < -0.3 is 5.73 Å². The van der Waals surface area contributed by atoms with Crippen LogP contribution in [-0.2, 0) is 4.79 Å². The number of nitrogens with two attached hydrogens (primary N) is 1. The van der Waals surface area contributed by atoms with Gasteiger partial charge >= 0.3 is 0 Å². The summed E-state index contributed by atoms with van der Waals surface area (Å²) in [7, 11) is 0. The number of anilines is 1. The number of carbonyl (C=O) groups is 1. The number of amides is 1. The van der Waals surface area contributed by atoms with Crippen LogP contribution in [0.2, 0.25) is 0 Å². The lowest BCUT2D eigenvalue weighted by Gasteiger charge is -2.35. The summed E-state index contributed by atoms with van der Waals surface area (Å²) in [5.41, 5.74) is 8.21. The van der Waals surface area contributed by atoms with E-state index in [-0.39, 0.29) is 11.7 Å². The van der Waals surface area contributed by atoms with Gasteiger partial charge in [-0.15, -0.1) is 11.3 Å². The second-order valence-electron chi connectivity index (χ2n) is 7.10. The van der Waals surface area contributed by atoms with E-state index in [0.29, 0.717) is 5.71 Å². The molecule has 1 aromatic heterocycles. The van der Waals surface area contributed by atoms with E-state index in [2.05, 4.69) is 0 Å². The van der Waals surface area contributed by atoms with Crippen LogP contribution < -0.4 is 10.7 Å². The van der Waals surface area contributed by atoms with Gasteiger partial charge in [-0.05, 0) is 55.1 Å². The van der Waals surface area contributed by atoms with Gasteiger partial charge in [0, 0.05) is 4.88 Å². The first kappa shape index (κ1) is 18.4. The summed E-state index contributed by atoms with van der Waals surface area (Å²) in [4.78, 5) is 13.7. The van der Waals surface area contributed by atoms with E-state index in [1.165, 1.54) is 12.1 Å². The molecule has 0 saturated carbocycles. The summed E-state index contributed by atoms with van der Waals surface area (Å²) < 4.78 is 13.5. The zero-order valence-electron chi connectivity index (χ0n) is 15.6. The number of nitrogens with zero attached hydrogens (tertiary/aromatic N) is 2. The topological polar surface area (TPSA) is 58.7 Å². The number of benzene rings is 2. The van der Waals surface area contributed by atoms with E-state index in [1.807, 2.05) is 55.6 Å². The predicted molar refractivity (Wildman–Crippen MR) is 111 cm³/mol. The Bertz CT molecular complexity index is 1030. The van der Waals surface area contributed by atoms with Crippen molar-refractivity contribution in [1.82, 2.24) is 0 Å². The second-order valence-corrected chi connectivity index (χ2v) is 8.08. The summed E-state index contributed by atoms with van der Waals surface area (Å²) in [5, 5.41) is 8.51. The largest absolute Gasteiger partial charge is 0.368 e.